The van der Waals surface area contributed by atoms with Crippen molar-refractivity contribution >= 4 is 21.6 Å². The Morgan fingerprint density at radius 3 is 2.48 bits per heavy atom. The average molecular weight is 437 g/mol. The number of para-hydroxylation sites is 1. The van der Waals surface area contributed by atoms with Crippen LogP contribution in [-0.2, 0) is 16.4 Å². The third kappa shape index (κ3) is 4.01. The first-order valence-electron chi connectivity index (χ1n) is 10.1. The third-order valence-electron chi connectivity index (χ3n) is 5.50. The van der Waals surface area contributed by atoms with E-state index in [1.54, 1.807) is 6.07 Å². The Morgan fingerprint density at radius 1 is 1.03 bits per heavy atom. The van der Waals surface area contributed by atoms with Crippen LogP contribution in [0.15, 0.2) is 77.7 Å². The van der Waals surface area contributed by atoms with Crippen molar-refractivity contribution in [3.63, 3.8) is 0 Å². The SMILES string of the molecule is COc1ccc(S(=O)(=O)N2CCc3ccccc32)cc1C(=O)NC(C)c1ccccc1. The summed E-state index contributed by atoms with van der Waals surface area (Å²) in [5, 5.41) is 2.92. The van der Waals surface area contributed by atoms with E-state index in [2.05, 4.69) is 5.32 Å². The van der Waals surface area contributed by atoms with Gasteiger partial charge in [0, 0.05) is 6.54 Å². The zero-order chi connectivity index (χ0) is 22.0. The number of hydrogen-bond donors (Lipinski definition) is 1. The van der Waals surface area contributed by atoms with Crippen LogP contribution in [0.1, 0.15) is 34.5 Å². The van der Waals surface area contributed by atoms with Crippen molar-refractivity contribution in [2.75, 3.05) is 18.0 Å². The first-order chi connectivity index (χ1) is 14.9. The second-order valence-corrected chi connectivity index (χ2v) is 9.29. The summed E-state index contributed by atoms with van der Waals surface area (Å²) in [7, 11) is -2.36. The molecule has 1 amide bonds. The van der Waals surface area contributed by atoms with Gasteiger partial charge in [0.15, 0.2) is 0 Å². The Balaban J connectivity index is 1.65. The van der Waals surface area contributed by atoms with Gasteiger partial charge in [0.2, 0.25) is 0 Å². The molecule has 0 aliphatic carbocycles. The van der Waals surface area contributed by atoms with Crippen LogP contribution < -0.4 is 14.4 Å². The van der Waals surface area contributed by atoms with Crippen molar-refractivity contribution in [2.24, 2.45) is 0 Å². The van der Waals surface area contributed by atoms with E-state index in [4.69, 9.17) is 4.74 Å². The highest BCUT2D eigenvalue weighted by Crippen LogP contribution is 2.34. The first-order valence-corrected chi connectivity index (χ1v) is 11.5. The summed E-state index contributed by atoms with van der Waals surface area (Å²) in [5.41, 5.74) is 2.81. The molecule has 3 aromatic rings. The van der Waals surface area contributed by atoms with Gasteiger partial charge in [0.1, 0.15) is 5.75 Å². The fourth-order valence-electron chi connectivity index (χ4n) is 3.81. The third-order valence-corrected chi connectivity index (χ3v) is 7.30. The van der Waals surface area contributed by atoms with Crippen LogP contribution in [0.3, 0.4) is 0 Å². The maximum Gasteiger partial charge on any atom is 0.264 e. The number of nitrogens with one attached hydrogen (secondary N) is 1. The summed E-state index contributed by atoms with van der Waals surface area (Å²) in [4.78, 5) is 13.1. The monoisotopic (exact) mass is 436 g/mol. The molecular formula is C24H24N2O4S. The van der Waals surface area contributed by atoms with E-state index in [0.717, 1.165) is 11.1 Å². The maximum atomic E-state index is 13.4. The van der Waals surface area contributed by atoms with Crippen molar-refractivity contribution < 1.29 is 17.9 Å². The molecule has 0 saturated carbocycles. The lowest BCUT2D eigenvalue weighted by Gasteiger charge is -2.21. The molecule has 4 rings (SSSR count). The number of methoxy groups -OCH3 is 1. The number of sulfonamides is 1. The normalized spacial score (nSPS) is 14.1. The zero-order valence-electron chi connectivity index (χ0n) is 17.4. The van der Waals surface area contributed by atoms with Crippen molar-refractivity contribution in [2.45, 2.75) is 24.3 Å². The van der Waals surface area contributed by atoms with E-state index in [0.29, 0.717) is 24.4 Å². The minimum atomic E-state index is -3.82. The fraction of sp³-hybridized carbons (Fsp3) is 0.208. The predicted octanol–water partition coefficient (Wildman–Crippen LogP) is 3.94. The Kier molecular flexibility index (Phi) is 5.69. The predicted molar refractivity (Wildman–Crippen MR) is 120 cm³/mol. The average Bonchev–Trinajstić information content (AvgIpc) is 3.24. The Morgan fingerprint density at radius 2 is 1.74 bits per heavy atom. The van der Waals surface area contributed by atoms with Gasteiger partial charge in [0.25, 0.3) is 15.9 Å². The van der Waals surface area contributed by atoms with Gasteiger partial charge in [-0.2, -0.15) is 0 Å². The molecule has 1 heterocycles. The lowest BCUT2D eigenvalue weighted by Crippen LogP contribution is -2.30. The number of fused-ring (bicyclic) bond motifs is 1. The highest BCUT2D eigenvalue weighted by atomic mass is 32.2. The minimum absolute atomic E-state index is 0.0579. The summed E-state index contributed by atoms with van der Waals surface area (Å²) in [6.45, 7) is 2.25. The van der Waals surface area contributed by atoms with Gasteiger partial charge in [-0.25, -0.2) is 8.42 Å². The van der Waals surface area contributed by atoms with E-state index in [1.807, 2.05) is 55.5 Å². The maximum absolute atomic E-state index is 13.4. The fourth-order valence-corrected chi connectivity index (χ4v) is 5.34. The summed E-state index contributed by atoms with van der Waals surface area (Å²) >= 11 is 0. The zero-order valence-corrected chi connectivity index (χ0v) is 18.2. The van der Waals surface area contributed by atoms with Crippen LogP contribution in [-0.4, -0.2) is 28.0 Å². The lowest BCUT2D eigenvalue weighted by molar-refractivity contribution is 0.0936. The summed E-state index contributed by atoms with van der Waals surface area (Å²) < 4.78 is 33.5. The lowest BCUT2D eigenvalue weighted by atomic mass is 10.1. The Labute approximate surface area is 182 Å². The molecule has 1 aliphatic rings. The molecule has 0 radical (unpaired) electrons. The van der Waals surface area contributed by atoms with Gasteiger partial charge in [-0.1, -0.05) is 48.5 Å². The molecule has 0 bridgehead atoms. The summed E-state index contributed by atoms with van der Waals surface area (Å²) in [6.07, 6.45) is 0.660. The van der Waals surface area contributed by atoms with Crippen molar-refractivity contribution in [1.82, 2.24) is 5.32 Å². The van der Waals surface area contributed by atoms with Crippen LogP contribution in [0.2, 0.25) is 0 Å². The van der Waals surface area contributed by atoms with E-state index >= 15 is 0 Å². The number of carbonyl (C=O) groups is 1. The molecule has 0 aromatic heterocycles. The molecule has 0 fully saturated rings. The standard InChI is InChI=1S/C24H24N2O4S/c1-17(18-8-4-3-5-9-18)25-24(27)21-16-20(12-13-23(21)30-2)31(28,29)26-15-14-19-10-6-7-11-22(19)26/h3-13,16-17H,14-15H2,1-2H3,(H,25,27). The Bertz CT molecular complexity index is 1210. The molecule has 1 unspecified atom stereocenters. The van der Waals surface area contributed by atoms with Gasteiger partial charge in [-0.05, 0) is 48.7 Å². The van der Waals surface area contributed by atoms with Crippen molar-refractivity contribution in [1.29, 1.82) is 0 Å². The van der Waals surface area contributed by atoms with Crippen molar-refractivity contribution in [3.05, 3.63) is 89.5 Å². The van der Waals surface area contributed by atoms with E-state index in [-0.39, 0.29) is 16.5 Å². The quantitative estimate of drug-likeness (QED) is 0.635. The highest BCUT2D eigenvalue weighted by Gasteiger charge is 2.31. The smallest absolute Gasteiger partial charge is 0.264 e. The second kappa shape index (κ2) is 8.43. The van der Waals surface area contributed by atoms with Crippen molar-refractivity contribution in [3.8, 4) is 5.75 Å². The molecule has 31 heavy (non-hydrogen) atoms. The number of hydrogen-bond acceptors (Lipinski definition) is 4. The second-order valence-electron chi connectivity index (χ2n) is 7.42. The molecule has 0 saturated heterocycles. The van der Waals surface area contributed by atoms with Crippen LogP contribution in [0, 0.1) is 0 Å². The van der Waals surface area contributed by atoms with E-state index in [9.17, 15) is 13.2 Å². The molecule has 160 valence electrons. The van der Waals surface area contributed by atoms with Crippen LogP contribution in [0.25, 0.3) is 0 Å². The van der Waals surface area contributed by atoms with Crippen LogP contribution >= 0.6 is 0 Å². The summed E-state index contributed by atoms with van der Waals surface area (Å²) in [6, 6.07) is 21.2. The van der Waals surface area contributed by atoms with Gasteiger partial charge < -0.3 is 10.1 Å². The molecule has 3 aromatic carbocycles. The Hall–Kier alpha value is -3.32. The summed E-state index contributed by atoms with van der Waals surface area (Å²) in [5.74, 6) is -0.0781. The number of carbonyl (C=O) groups excluding carboxylic acids is 1. The van der Waals surface area contributed by atoms with Gasteiger partial charge in [0.05, 0.1) is 29.3 Å². The largest absolute Gasteiger partial charge is 0.496 e. The van der Waals surface area contributed by atoms with Crippen LogP contribution in [0.4, 0.5) is 5.69 Å². The highest BCUT2D eigenvalue weighted by molar-refractivity contribution is 7.92. The molecular weight excluding hydrogens is 412 g/mol. The van der Waals surface area contributed by atoms with Gasteiger partial charge in [-0.15, -0.1) is 0 Å². The molecule has 1 N–H and O–H groups in total. The molecule has 1 aliphatic heterocycles. The minimum Gasteiger partial charge on any atom is -0.496 e. The number of nitrogens with zero attached hydrogens (tertiary/aromatic N) is 1. The van der Waals surface area contributed by atoms with E-state index in [1.165, 1.54) is 29.6 Å². The molecule has 1 atom stereocenters. The molecule has 7 heteroatoms. The number of ether oxygens (including phenoxy) is 1. The van der Waals surface area contributed by atoms with Crippen LogP contribution in [0.5, 0.6) is 5.75 Å². The van der Waals surface area contributed by atoms with Gasteiger partial charge in [-0.3, -0.25) is 9.10 Å². The number of anilines is 1. The van der Waals surface area contributed by atoms with E-state index < -0.39 is 15.9 Å². The first kappa shape index (κ1) is 20.9. The molecule has 6 nitrogen and oxygen atoms in total. The topological polar surface area (TPSA) is 75.7 Å². The van der Waals surface area contributed by atoms with Gasteiger partial charge >= 0.3 is 0 Å². The number of rotatable bonds is 6. The number of amides is 1. The number of benzene rings is 3. The molecule has 0 spiro atoms.